The van der Waals surface area contributed by atoms with E-state index in [-0.39, 0.29) is 5.25 Å². The first-order chi connectivity index (χ1) is 8.08. The predicted molar refractivity (Wildman–Crippen MR) is 70.4 cm³/mol. The Morgan fingerprint density at radius 1 is 1.47 bits per heavy atom. The van der Waals surface area contributed by atoms with E-state index in [1.165, 1.54) is 6.20 Å². The van der Waals surface area contributed by atoms with Crippen molar-refractivity contribution in [3.8, 4) is 0 Å². The molecule has 1 unspecified atom stereocenters. The Kier molecular flexibility index (Phi) is 4.01. The molecule has 0 amide bonds. The molecule has 7 heteroatoms. The van der Waals surface area contributed by atoms with Crippen molar-refractivity contribution >= 4 is 31.6 Å². The zero-order valence-electron chi connectivity index (χ0n) is 9.19. The van der Waals surface area contributed by atoms with Crippen LogP contribution in [-0.2, 0) is 10.0 Å². The number of aromatic nitrogens is 1. The molecule has 0 spiro atoms. The Morgan fingerprint density at radius 2 is 2.29 bits per heavy atom. The van der Waals surface area contributed by atoms with Crippen LogP contribution in [0.4, 0.5) is 5.69 Å². The van der Waals surface area contributed by atoms with Gasteiger partial charge in [-0.05, 0) is 41.4 Å². The van der Waals surface area contributed by atoms with Gasteiger partial charge >= 0.3 is 0 Å². The van der Waals surface area contributed by atoms with Gasteiger partial charge in [-0.1, -0.05) is 0 Å². The number of hydrogen-bond donors (Lipinski definition) is 2. The molecule has 2 N–H and O–H groups in total. The molecule has 17 heavy (non-hydrogen) atoms. The van der Waals surface area contributed by atoms with E-state index in [2.05, 4.69) is 31.0 Å². The molecule has 1 aromatic heterocycles. The number of nitrogens with zero attached hydrogens (tertiary/aromatic N) is 1. The van der Waals surface area contributed by atoms with Crippen molar-refractivity contribution in [2.45, 2.75) is 18.1 Å². The number of pyridine rings is 1. The monoisotopic (exact) mass is 319 g/mol. The maximum absolute atomic E-state index is 12.1. The normalized spacial score (nSPS) is 21.1. The second-order valence-corrected chi connectivity index (χ2v) is 6.88. The lowest BCUT2D eigenvalue weighted by molar-refractivity contribution is 0.499. The second-order valence-electron chi connectivity index (χ2n) is 4.01. The van der Waals surface area contributed by atoms with Crippen molar-refractivity contribution < 1.29 is 8.42 Å². The summed E-state index contributed by atoms with van der Waals surface area (Å²) in [6.07, 6.45) is 4.70. The molecular weight excluding hydrogens is 306 g/mol. The number of nitrogens with one attached hydrogen (secondary N) is 2. The fourth-order valence-corrected chi connectivity index (χ4v) is 3.59. The quantitative estimate of drug-likeness (QED) is 0.882. The summed E-state index contributed by atoms with van der Waals surface area (Å²) in [7, 11) is -3.33. The Labute approximate surface area is 109 Å². The van der Waals surface area contributed by atoms with Gasteiger partial charge in [-0.15, -0.1) is 0 Å². The molecule has 1 aromatic rings. The first kappa shape index (κ1) is 12.8. The lowest BCUT2D eigenvalue weighted by Crippen LogP contribution is -2.41. The zero-order chi connectivity index (χ0) is 12.3. The van der Waals surface area contributed by atoms with E-state index in [4.69, 9.17) is 0 Å². The van der Waals surface area contributed by atoms with Gasteiger partial charge in [0.15, 0.2) is 0 Å². The SMILES string of the molecule is O=S(=O)(Nc1cncc(Br)c1)C1CCCNC1. The number of piperidine rings is 1. The highest BCUT2D eigenvalue weighted by atomic mass is 79.9. The van der Waals surface area contributed by atoms with E-state index in [0.29, 0.717) is 18.7 Å². The van der Waals surface area contributed by atoms with Crippen molar-refractivity contribution in [3.63, 3.8) is 0 Å². The maximum atomic E-state index is 12.1. The lowest BCUT2D eigenvalue weighted by Gasteiger charge is -2.23. The minimum atomic E-state index is -3.33. The Bertz CT molecular complexity index is 486. The summed E-state index contributed by atoms with van der Waals surface area (Å²) in [5.74, 6) is 0. The molecule has 2 heterocycles. The minimum Gasteiger partial charge on any atom is -0.315 e. The molecule has 0 bridgehead atoms. The van der Waals surface area contributed by atoms with Crippen molar-refractivity contribution in [2.75, 3.05) is 17.8 Å². The fourth-order valence-electron chi connectivity index (χ4n) is 1.80. The van der Waals surface area contributed by atoms with Crippen molar-refractivity contribution in [2.24, 2.45) is 0 Å². The molecular formula is C10H14BrN3O2S. The van der Waals surface area contributed by atoms with Crippen molar-refractivity contribution in [3.05, 3.63) is 22.9 Å². The van der Waals surface area contributed by atoms with Gasteiger partial charge in [-0.3, -0.25) is 9.71 Å². The molecule has 2 rings (SSSR count). The lowest BCUT2D eigenvalue weighted by atomic mass is 10.2. The summed E-state index contributed by atoms with van der Waals surface area (Å²) >= 11 is 3.26. The molecule has 1 fully saturated rings. The van der Waals surface area contributed by atoms with Gasteiger partial charge in [0.2, 0.25) is 10.0 Å². The molecule has 1 atom stereocenters. The molecule has 1 aliphatic heterocycles. The van der Waals surface area contributed by atoms with Crippen LogP contribution in [-0.4, -0.2) is 31.7 Å². The average molecular weight is 320 g/mol. The summed E-state index contributed by atoms with van der Waals surface area (Å²) in [5.41, 5.74) is 0.491. The minimum absolute atomic E-state index is 0.366. The molecule has 0 aliphatic carbocycles. The standard InChI is InChI=1S/C10H14BrN3O2S/c11-8-4-9(6-13-5-8)14-17(15,16)10-2-1-3-12-7-10/h4-6,10,12,14H,1-3,7H2. The van der Waals surface area contributed by atoms with Crippen LogP contribution in [0.5, 0.6) is 0 Å². The first-order valence-corrected chi connectivity index (χ1v) is 7.75. The number of rotatable bonds is 3. The van der Waals surface area contributed by atoms with E-state index in [1.54, 1.807) is 12.3 Å². The second kappa shape index (κ2) is 5.32. The van der Waals surface area contributed by atoms with Crippen LogP contribution in [0.2, 0.25) is 0 Å². The molecule has 0 aromatic carbocycles. The summed E-state index contributed by atoms with van der Waals surface area (Å²) in [4.78, 5) is 3.92. The highest BCUT2D eigenvalue weighted by Gasteiger charge is 2.27. The van der Waals surface area contributed by atoms with Crippen LogP contribution in [0.3, 0.4) is 0 Å². The topological polar surface area (TPSA) is 71.1 Å². The van der Waals surface area contributed by atoms with Gasteiger partial charge < -0.3 is 5.32 Å². The molecule has 1 aliphatic rings. The highest BCUT2D eigenvalue weighted by molar-refractivity contribution is 9.10. The van der Waals surface area contributed by atoms with Crippen LogP contribution in [0.25, 0.3) is 0 Å². The van der Waals surface area contributed by atoms with Crippen LogP contribution in [0.1, 0.15) is 12.8 Å². The number of sulfonamides is 1. The van der Waals surface area contributed by atoms with E-state index in [9.17, 15) is 8.42 Å². The predicted octanol–water partition coefficient (Wildman–Crippen LogP) is 1.34. The molecule has 94 valence electrons. The summed E-state index contributed by atoms with van der Waals surface area (Å²) < 4.78 is 27.5. The van der Waals surface area contributed by atoms with Crippen LogP contribution >= 0.6 is 15.9 Å². The van der Waals surface area contributed by atoms with Gasteiger partial charge in [0.05, 0.1) is 17.1 Å². The fraction of sp³-hybridized carbons (Fsp3) is 0.500. The maximum Gasteiger partial charge on any atom is 0.236 e. The van der Waals surface area contributed by atoms with Gasteiger partial charge in [-0.2, -0.15) is 0 Å². The Hall–Kier alpha value is -0.660. The van der Waals surface area contributed by atoms with Gasteiger partial charge in [0, 0.05) is 17.2 Å². The Balaban J connectivity index is 2.11. The number of hydrogen-bond acceptors (Lipinski definition) is 4. The molecule has 0 saturated carbocycles. The van der Waals surface area contributed by atoms with Crippen LogP contribution < -0.4 is 10.0 Å². The largest absolute Gasteiger partial charge is 0.315 e. The van der Waals surface area contributed by atoms with Crippen molar-refractivity contribution in [1.82, 2.24) is 10.3 Å². The zero-order valence-corrected chi connectivity index (χ0v) is 11.6. The molecule has 0 radical (unpaired) electrons. The molecule has 5 nitrogen and oxygen atoms in total. The van der Waals surface area contributed by atoms with E-state index in [0.717, 1.165) is 17.4 Å². The third-order valence-corrected chi connectivity index (χ3v) is 4.89. The van der Waals surface area contributed by atoms with Crippen molar-refractivity contribution in [1.29, 1.82) is 0 Å². The van der Waals surface area contributed by atoms with Gasteiger partial charge in [-0.25, -0.2) is 8.42 Å². The van der Waals surface area contributed by atoms with E-state index in [1.807, 2.05) is 0 Å². The third-order valence-electron chi connectivity index (χ3n) is 2.66. The third kappa shape index (κ3) is 3.40. The van der Waals surface area contributed by atoms with Gasteiger partial charge in [0.25, 0.3) is 0 Å². The number of halogens is 1. The summed E-state index contributed by atoms with van der Waals surface area (Å²) in [6, 6.07) is 1.70. The smallest absolute Gasteiger partial charge is 0.236 e. The molecule has 1 saturated heterocycles. The summed E-state index contributed by atoms with van der Waals surface area (Å²) in [6.45, 7) is 1.40. The Morgan fingerprint density at radius 3 is 2.94 bits per heavy atom. The summed E-state index contributed by atoms with van der Waals surface area (Å²) in [5, 5.41) is 2.73. The van der Waals surface area contributed by atoms with Crippen LogP contribution in [0, 0.1) is 0 Å². The first-order valence-electron chi connectivity index (χ1n) is 5.41. The van der Waals surface area contributed by atoms with E-state index < -0.39 is 10.0 Å². The average Bonchev–Trinajstić information content (AvgIpc) is 2.29. The highest BCUT2D eigenvalue weighted by Crippen LogP contribution is 2.18. The van der Waals surface area contributed by atoms with Gasteiger partial charge in [0.1, 0.15) is 0 Å². The number of anilines is 1. The van der Waals surface area contributed by atoms with E-state index >= 15 is 0 Å². The van der Waals surface area contributed by atoms with Crippen LogP contribution in [0.15, 0.2) is 22.9 Å².